The first-order valence-electron chi connectivity index (χ1n) is 15.1. The number of aromatic nitrogens is 3. The van der Waals surface area contributed by atoms with E-state index in [4.69, 9.17) is 37.4 Å². The number of ether oxygens (including phenoxy) is 3. The molecule has 1 aliphatic rings. The Bertz CT molecular complexity index is 1770. The molecule has 4 N–H and O–H groups in total. The third-order valence-corrected chi connectivity index (χ3v) is 8.99. The second-order valence-electron chi connectivity index (χ2n) is 11.3. The van der Waals surface area contributed by atoms with Gasteiger partial charge in [0.25, 0.3) is 0 Å². The minimum Gasteiger partial charge on any atom is -0.481 e. The van der Waals surface area contributed by atoms with Crippen molar-refractivity contribution in [3.05, 3.63) is 81.1 Å². The van der Waals surface area contributed by atoms with Gasteiger partial charge in [-0.2, -0.15) is 4.98 Å². The van der Waals surface area contributed by atoms with Crippen LogP contribution in [-0.4, -0.2) is 64.5 Å². The number of benzene rings is 2. The number of methoxy groups -OCH3 is 2. The summed E-state index contributed by atoms with van der Waals surface area (Å²) in [6, 6.07) is 13.6. The summed E-state index contributed by atoms with van der Waals surface area (Å²) in [5.41, 5.74) is 5.25. The highest BCUT2D eigenvalue weighted by Crippen LogP contribution is 2.44. The Morgan fingerprint density at radius 2 is 1.74 bits per heavy atom. The molecule has 0 radical (unpaired) electrons. The van der Waals surface area contributed by atoms with E-state index in [1.807, 2.05) is 43.4 Å². The third-order valence-electron chi connectivity index (χ3n) is 8.31. The van der Waals surface area contributed by atoms with Gasteiger partial charge in [0.1, 0.15) is 22.4 Å². The Hall–Kier alpha value is -4.00. The largest absolute Gasteiger partial charge is 0.481 e. The Labute approximate surface area is 283 Å². The lowest BCUT2D eigenvalue weighted by Crippen LogP contribution is -2.49. The summed E-state index contributed by atoms with van der Waals surface area (Å²) < 4.78 is 17.4. The van der Waals surface area contributed by atoms with E-state index in [0.717, 1.165) is 34.2 Å². The molecule has 2 aromatic carbocycles. The normalized spacial score (nSPS) is 15.2. The Balaban J connectivity index is 1.41. The van der Waals surface area contributed by atoms with Crippen LogP contribution in [0.1, 0.15) is 48.3 Å². The van der Waals surface area contributed by atoms with Crippen LogP contribution in [-0.2, 0) is 24.3 Å². The van der Waals surface area contributed by atoms with Crippen LogP contribution < -0.4 is 24.8 Å². The molecule has 0 amide bonds. The highest BCUT2D eigenvalue weighted by atomic mass is 35.5. The lowest BCUT2D eigenvalue weighted by atomic mass is 9.95. The van der Waals surface area contributed by atoms with Gasteiger partial charge in [-0.1, -0.05) is 59.6 Å². The van der Waals surface area contributed by atoms with E-state index < -0.39 is 11.5 Å². The molecule has 4 aromatic rings. The standard InChI is InChI=1S/C34H37Cl2N5O6/c1-34(13-14-42,33(43)44)39-16-19-15-25(35)31(41-30(19)45-3)47-28-12-11-21-20(7-5-8-22(21)28)23-9-6-10-24(29(23)36)26-18-38-27(17-37-2)32(40-26)46-4/h5-10,15,18,28,37,39,42H,11-14,16-17H2,1-4H3,(H,43,44)/t28-,34-/m0/s1. The molecule has 13 heteroatoms. The van der Waals surface area contributed by atoms with Gasteiger partial charge in [-0.3, -0.25) is 15.1 Å². The minimum absolute atomic E-state index is 0.0263. The zero-order chi connectivity index (χ0) is 33.7. The molecule has 248 valence electrons. The van der Waals surface area contributed by atoms with E-state index in [1.54, 1.807) is 19.4 Å². The molecule has 0 aliphatic heterocycles. The van der Waals surface area contributed by atoms with E-state index in [2.05, 4.69) is 25.6 Å². The van der Waals surface area contributed by atoms with Crippen molar-refractivity contribution in [3.63, 3.8) is 0 Å². The molecular formula is C34H37Cl2N5O6. The highest BCUT2D eigenvalue weighted by Gasteiger charge is 2.33. The van der Waals surface area contributed by atoms with Crippen molar-refractivity contribution in [1.82, 2.24) is 25.6 Å². The summed E-state index contributed by atoms with van der Waals surface area (Å²) in [6.45, 7) is 1.85. The van der Waals surface area contributed by atoms with E-state index >= 15 is 0 Å². The molecule has 1 aliphatic carbocycles. The molecule has 0 unspecified atom stereocenters. The molecule has 0 saturated carbocycles. The summed E-state index contributed by atoms with van der Waals surface area (Å²) in [7, 11) is 4.88. The number of hydrogen-bond donors (Lipinski definition) is 4. The van der Waals surface area contributed by atoms with Crippen LogP contribution >= 0.6 is 23.2 Å². The molecule has 0 fully saturated rings. The van der Waals surface area contributed by atoms with Gasteiger partial charge in [-0.05, 0) is 56.0 Å². The van der Waals surface area contributed by atoms with Crippen molar-refractivity contribution < 1.29 is 29.2 Å². The first kappa shape index (κ1) is 34.3. The van der Waals surface area contributed by atoms with Crippen LogP contribution in [0, 0.1) is 0 Å². The average molecular weight is 683 g/mol. The summed E-state index contributed by atoms with van der Waals surface area (Å²) in [5.74, 6) is -0.179. The van der Waals surface area contributed by atoms with Gasteiger partial charge in [-0.15, -0.1) is 0 Å². The molecule has 47 heavy (non-hydrogen) atoms. The van der Waals surface area contributed by atoms with Gasteiger partial charge in [0.2, 0.25) is 17.6 Å². The number of halogens is 2. The number of aliphatic hydroxyl groups is 1. The van der Waals surface area contributed by atoms with Gasteiger partial charge in [-0.25, -0.2) is 4.98 Å². The molecule has 0 spiro atoms. The number of nitrogens with one attached hydrogen (secondary N) is 2. The second-order valence-corrected chi connectivity index (χ2v) is 12.1. The van der Waals surface area contributed by atoms with E-state index in [0.29, 0.717) is 40.8 Å². The Morgan fingerprint density at radius 3 is 2.45 bits per heavy atom. The third kappa shape index (κ3) is 7.14. The molecule has 5 rings (SSSR count). The lowest BCUT2D eigenvalue weighted by molar-refractivity contribution is -0.145. The maximum atomic E-state index is 11.8. The number of carboxylic acids is 1. The van der Waals surface area contributed by atoms with Crippen molar-refractivity contribution >= 4 is 29.2 Å². The topological polar surface area (TPSA) is 148 Å². The number of carbonyl (C=O) groups is 1. The number of nitrogens with zero attached hydrogens (tertiary/aromatic N) is 3. The summed E-state index contributed by atoms with van der Waals surface area (Å²) in [6.07, 6.45) is 2.85. The number of aliphatic carboxylic acids is 1. The van der Waals surface area contributed by atoms with Crippen LogP contribution in [0.3, 0.4) is 0 Å². The van der Waals surface area contributed by atoms with Gasteiger partial charge >= 0.3 is 5.97 Å². The van der Waals surface area contributed by atoms with Crippen LogP contribution in [0.5, 0.6) is 17.6 Å². The van der Waals surface area contributed by atoms with Crippen LogP contribution in [0.25, 0.3) is 22.4 Å². The average Bonchev–Trinajstić information content (AvgIpc) is 3.48. The predicted octanol–water partition coefficient (Wildman–Crippen LogP) is 5.63. The first-order valence-corrected chi connectivity index (χ1v) is 15.8. The van der Waals surface area contributed by atoms with Gasteiger partial charge in [0.05, 0.1) is 31.1 Å². The van der Waals surface area contributed by atoms with E-state index in [9.17, 15) is 15.0 Å². The molecule has 0 saturated heterocycles. The number of hydrogen-bond acceptors (Lipinski definition) is 10. The monoisotopic (exact) mass is 681 g/mol. The smallest absolute Gasteiger partial charge is 0.323 e. The summed E-state index contributed by atoms with van der Waals surface area (Å²) in [5, 5.41) is 25.8. The molecular weight excluding hydrogens is 645 g/mol. The fourth-order valence-electron chi connectivity index (χ4n) is 5.71. The Kier molecular flexibility index (Phi) is 10.8. The fraction of sp³-hybridized carbons (Fsp3) is 0.353. The molecule has 0 bridgehead atoms. The van der Waals surface area contributed by atoms with Crippen molar-refractivity contribution in [3.8, 4) is 40.0 Å². The maximum Gasteiger partial charge on any atom is 0.323 e. The molecule has 2 aromatic heterocycles. The number of carboxylic acid groups (broad SMARTS) is 1. The summed E-state index contributed by atoms with van der Waals surface area (Å²) in [4.78, 5) is 25.5. The second kappa shape index (κ2) is 14.8. The van der Waals surface area contributed by atoms with Crippen molar-refractivity contribution in [1.29, 1.82) is 0 Å². The number of aliphatic hydroxyl groups excluding tert-OH is 1. The van der Waals surface area contributed by atoms with Gasteiger partial charge in [0, 0.05) is 36.4 Å². The van der Waals surface area contributed by atoms with Crippen LogP contribution in [0.15, 0.2) is 48.7 Å². The first-order chi connectivity index (χ1) is 22.6. The van der Waals surface area contributed by atoms with Gasteiger partial charge in [0.15, 0.2) is 0 Å². The van der Waals surface area contributed by atoms with Gasteiger partial charge < -0.3 is 29.7 Å². The predicted molar refractivity (Wildman–Crippen MR) is 179 cm³/mol. The van der Waals surface area contributed by atoms with Crippen molar-refractivity contribution in [2.45, 2.75) is 50.9 Å². The lowest BCUT2D eigenvalue weighted by Gasteiger charge is -2.26. The quantitative estimate of drug-likeness (QED) is 0.131. The Morgan fingerprint density at radius 1 is 1.02 bits per heavy atom. The van der Waals surface area contributed by atoms with Crippen molar-refractivity contribution in [2.24, 2.45) is 0 Å². The molecule has 2 heterocycles. The zero-order valence-corrected chi connectivity index (χ0v) is 28.1. The molecule has 11 nitrogen and oxygen atoms in total. The number of pyridine rings is 1. The number of rotatable bonds is 14. The van der Waals surface area contributed by atoms with Crippen molar-refractivity contribution in [2.75, 3.05) is 27.9 Å². The fourth-order valence-corrected chi connectivity index (χ4v) is 6.25. The van der Waals surface area contributed by atoms with E-state index in [-0.39, 0.29) is 42.5 Å². The van der Waals surface area contributed by atoms with Crippen LogP contribution in [0.2, 0.25) is 10.0 Å². The summed E-state index contributed by atoms with van der Waals surface area (Å²) >= 11 is 13.7. The maximum absolute atomic E-state index is 11.8. The minimum atomic E-state index is -1.34. The zero-order valence-electron chi connectivity index (χ0n) is 26.6. The van der Waals surface area contributed by atoms with E-state index in [1.165, 1.54) is 14.0 Å². The molecule has 2 atom stereocenters. The van der Waals surface area contributed by atoms with Crippen LogP contribution in [0.4, 0.5) is 0 Å². The number of fused-ring (bicyclic) bond motifs is 1. The SMILES string of the molecule is CNCc1ncc(-c2cccc(-c3cccc4c3CC[C@@H]4Oc3nc(OC)c(CN[C@@](C)(CCO)C(=O)O)cc3Cl)c2Cl)nc1OC. The highest BCUT2D eigenvalue weighted by molar-refractivity contribution is 6.36.